The molecule has 2 N–H and O–H groups in total. The van der Waals surface area contributed by atoms with Crippen molar-refractivity contribution in [3.63, 3.8) is 0 Å². The maximum Gasteiger partial charge on any atom is 0.252 e. The number of aliphatic hydroxyl groups excluding tert-OH is 1. The van der Waals surface area contributed by atoms with Crippen molar-refractivity contribution in [3.8, 4) is 28.5 Å². The third-order valence-corrected chi connectivity index (χ3v) is 7.20. The van der Waals surface area contributed by atoms with Crippen LogP contribution in [0.4, 0.5) is 0 Å². The fraction of sp³-hybridized carbons (Fsp3) is 0.250. The smallest absolute Gasteiger partial charge is 0.252 e. The number of hydrogen-bond donors (Lipinski definition) is 2. The summed E-state index contributed by atoms with van der Waals surface area (Å²) in [5.74, 6) is 0.502. The number of hydrogen-bond acceptors (Lipinski definition) is 8. The molecule has 0 fully saturated rings. The number of aromatic nitrogens is 1. The highest BCUT2D eigenvalue weighted by Gasteiger charge is 2.26. The molecule has 0 saturated carbocycles. The average Bonchev–Trinajstić information content (AvgIpc) is 3.37. The van der Waals surface area contributed by atoms with E-state index >= 15 is 0 Å². The largest absolute Gasteiger partial charge is 0.494 e. The van der Waals surface area contributed by atoms with E-state index in [0.29, 0.717) is 22.9 Å². The lowest BCUT2D eigenvalue weighted by atomic mass is 10.0. The number of benzene rings is 2. The van der Waals surface area contributed by atoms with Crippen LogP contribution < -0.4 is 19.5 Å². The molecule has 192 valence electrons. The Morgan fingerprint density at radius 2 is 1.73 bits per heavy atom. The van der Waals surface area contributed by atoms with E-state index in [1.54, 1.807) is 42.7 Å². The second-order valence-electron chi connectivity index (χ2n) is 8.32. The monoisotopic (exact) mass is 520 g/mol. The van der Waals surface area contributed by atoms with E-state index in [1.807, 2.05) is 30.5 Å². The van der Waals surface area contributed by atoms with Gasteiger partial charge in [-0.15, -0.1) is 11.3 Å². The van der Waals surface area contributed by atoms with Crippen molar-refractivity contribution >= 4 is 33.1 Å². The Hall–Kier alpha value is -3.95. The minimum Gasteiger partial charge on any atom is -0.494 e. The highest BCUT2D eigenvalue weighted by molar-refractivity contribution is 7.18. The van der Waals surface area contributed by atoms with Crippen LogP contribution in [0, 0.1) is 6.92 Å². The zero-order valence-corrected chi connectivity index (χ0v) is 21.8. The number of pyridine rings is 1. The van der Waals surface area contributed by atoms with Gasteiger partial charge in [0, 0.05) is 33.2 Å². The van der Waals surface area contributed by atoms with Gasteiger partial charge >= 0.3 is 0 Å². The minimum absolute atomic E-state index is 0.0292. The summed E-state index contributed by atoms with van der Waals surface area (Å²) in [5, 5.41) is 15.4. The van der Waals surface area contributed by atoms with Gasteiger partial charge in [0.15, 0.2) is 11.5 Å². The van der Waals surface area contributed by atoms with E-state index in [4.69, 9.17) is 14.2 Å². The van der Waals surface area contributed by atoms with Crippen molar-refractivity contribution in [2.24, 2.45) is 0 Å². The normalized spacial score (nSPS) is 11.7. The quantitative estimate of drug-likeness (QED) is 0.293. The van der Waals surface area contributed by atoms with Gasteiger partial charge in [0.2, 0.25) is 5.78 Å². The number of amides is 1. The Morgan fingerprint density at radius 3 is 2.43 bits per heavy atom. The van der Waals surface area contributed by atoms with Gasteiger partial charge in [-0.3, -0.25) is 9.59 Å². The molecule has 2 heterocycles. The van der Waals surface area contributed by atoms with Crippen LogP contribution in [0.25, 0.3) is 21.3 Å². The maximum atomic E-state index is 13.5. The average molecular weight is 521 g/mol. The number of nitrogens with one attached hydrogen (secondary N) is 1. The zero-order valence-electron chi connectivity index (χ0n) is 21.0. The van der Waals surface area contributed by atoms with Crippen LogP contribution in [0.2, 0.25) is 0 Å². The molecule has 4 rings (SSSR count). The number of ketones is 1. The number of rotatable bonds is 10. The Labute approximate surface area is 218 Å². The first-order valence-corrected chi connectivity index (χ1v) is 12.5. The fourth-order valence-corrected chi connectivity index (χ4v) is 5.16. The standard InChI is InChI=1S/C28H28N2O6S/c1-16-6-5-7-18-19(15-37-27(16)18)25-23(35-3)11-9-20(29-25)26(32)21(12-13-31)30-28(33)17-8-10-22(34-2)24(14-17)36-4/h5-11,14-15,21,31H,12-13H2,1-4H3,(H,30,33)/t21-/m0/s1. The number of ether oxygens (including phenoxy) is 3. The van der Waals surface area contributed by atoms with Crippen LogP contribution in [-0.2, 0) is 0 Å². The van der Waals surface area contributed by atoms with E-state index in [1.165, 1.54) is 20.3 Å². The molecular formula is C28H28N2O6S. The first-order chi connectivity index (χ1) is 17.9. The summed E-state index contributed by atoms with van der Waals surface area (Å²) in [4.78, 5) is 31.1. The van der Waals surface area contributed by atoms with E-state index in [9.17, 15) is 14.7 Å². The molecule has 1 amide bonds. The summed E-state index contributed by atoms with van der Waals surface area (Å²) < 4.78 is 17.2. The molecule has 0 radical (unpaired) electrons. The highest BCUT2D eigenvalue weighted by Crippen LogP contribution is 2.39. The van der Waals surface area contributed by atoms with Crippen molar-refractivity contribution in [1.82, 2.24) is 10.3 Å². The van der Waals surface area contributed by atoms with Gasteiger partial charge in [-0.2, -0.15) is 0 Å². The number of Topliss-reactive ketones (excluding diaryl/α,β-unsaturated/α-hetero) is 1. The number of thiophene rings is 1. The van der Waals surface area contributed by atoms with E-state index in [-0.39, 0.29) is 24.3 Å². The fourth-order valence-electron chi connectivity index (χ4n) is 4.12. The summed E-state index contributed by atoms with van der Waals surface area (Å²) in [6, 6.07) is 13.0. The van der Waals surface area contributed by atoms with Crippen LogP contribution in [0.1, 0.15) is 32.8 Å². The van der Waals surface area contributed by atoms with Gasteiger partial charge < -0.3 is 24.6 Å². The molecule has 37 heavy (non-hydrogen) atoms. The molecule has 2 aromatic heterocycles. The Kier molecular flexibility index (Phi) is 8.05. The predicted octanol–water partition coefficient (Wildman–Crippen LogP) is 4.66. The molecule has 0 saturated heterocycles. The molecule has 0 bridgehead atoms. The Bertz CT molecular complexity index is 1450. The molecule has 8 nitrogen and oxygen atoms in total. The third-order valence-electron chi connectivity index (χ3n) is 6.07. The van der Waals surface area contributed by atoms with Crippen molar-refractivity contribution in [2.45, 2.75) is 19.4 Å². The number of aryl methyl sites for hydroxylation is 1. The number of methoxy groups -OCH3 is 3. The van der Waals surface area contributed by atoms with Crippen LogP contribution in [-0.4, -0.2) is 55.8 Å². The molecule has 0 aliphatic rings. The third kappa shape index (κ3) is 5.28. The molecule has 0 aliphatic heterocycles. The van der Waals surface area contributed by atoms with Crippen molar-refractivity contribution in [1.29, 1.82) is 0 Å². The number of carbonyl (C=O) groups excluding carboxylic acids is 2. The van der Waals surface area contributed by atoms with E-state index in [0.717, 1.165) is 21.2 Å². The molecule has 1 atom stereocenters. The van der Waals surface area contributed by atoms with Gasteiger partial charge in [-0.05, 0) is 49.2 Å². The van der Waals surface area contributed by atoms with Gasteiger partial charge in [-0.1, -0.05) is 18.2 Å². The Morgan fingerprint density at radius 1 is 1.00 bits per heavy atom. The summed E-state index contributed by atoms with van der Waals surface area (Å²) in [5.41, 5.74) is 3.01. The van der Waals surface area contributed by atoms with Gasteiger partial charge in [-0.25, -0.2) is 4.98 Å². The molecule has 0 spiro atoms. The zero-order chi connectivity index (χ0) is 26.5. The number of aliphatic hydroxyl groups is 1. The van der Waals surface area contributed by atoms with Crippen molar-refractivity contribution < 1.29 is 28.9 Å². The van der Waals surface area contributed by atoms with Crippen molar-refractivity contribution in [3.05, 3.63) is 70.7 Å². The van der Waals surface area contributed by atoms with Gasteiger partial charge in [0.05, 0.1) is 27.4 Å². The lowest BCUT2D eigenvalue weighted by molar-refractivity contribution is 0.0837. The van der Waals surface area contributed by atoms with Crippen LogP contribution in [0.3, 0.4) is 0 Å². The molecule has 0 unspecified atom stereocenters. The summed E-state index contributed by atoms with van der Waals surface area (Å²) in [7, 11) is 4.53. The molecule has 9 heteroatoms. The highest BCUT2D eigenvalue weighted by atomic mass is 32.1. The lowest BCUT2D eigenvalue weighted by Crippen LogP contribution is -2.41. The topological polar surface area (TPSA) is 107 Å². The van der Waals surface area contributed by atoms with Crippen LogP contribution in [0.5, 0.6) is 17.2 Å². The van der Waals surface area contributed by atoms with Crippen LogP contribution >= 0.6 is 11.3 Å². The maximum absolute atomic E-state index is 13.5. The molecule has 4 aromatic rings. The SMILES string of the molecule is COc1ccc(C(=O)N[C@@H](CCO)C(=O)c2ccc(OC)c(-c3csc4c(C)cccc34)n2)cc1OC. The second kappa shape index (κ2) is 11.4. The molecular weight excluding hydrogens is 492 g/mol. The van der Waals surface area contributed by atoms with Gasteiger partial charge in [0.25, 0.3) is 5.91 Å². The number of nitrogens with zero attached hydrogens (tertiary/aromatic N) is 1. The number of carbonyl (C=O) groups is 2. The van der Waals surface area contributed by atoms with E-state index in [2.05, 4.69) is 10.3 Å². The van der Waals surface area contributed by atoms with Crippen molar-refractivity contribution in [2.75, 3.05) is 27.9 Å². The number of fused-ring (bicyclic) bond motifs is 1. The first kappa shape index (κ1) is 26.1. The van der Waals surface area contributed by atoms with Gasteiger partial charge in [0.1, 0.15) is 17.1 Å². The van der Waals surface area contributed by atoms with E-state index < -0.39 is 17.7 Å². The Balaban J connectivity index is 1.66. The lowest BCUT2D eigenvalue weighted by Gasteiger charge is -2.18. The minimum atomic E-state index is -0.985. The predicted molar refractivity (Wildman–Crippen MR) is 143 cm³/mol. The summed E-state index contributed by atoms with van der Waals surface area (Å²) in [6.45, 7) is 1.76. The summed E-state index contributed by atoms with van der Waals surface area (Å²) >= 11 is 1.61. The second-order valence-corrected chi connectivity index (χ2v) is 9.20. The molecule has 0 aliphatic carbocycles. The van der Waals surface area contributed by atoms with Crippen LogP contribution in [0.15, 0.2) is 53.9 Å². The molecule has 2 aromatic carbocycles. The summed E-state index contributed by atoms with van der Waals surface area (Å²) in [6.07, 6.45) is 0.0292. The first-order valence-electron chi connectivity index (χ1n) is 11.6.